The number of ether oxygens (including phenoxy) is 2. The molecule has 0 radical (unpaired) electrons. The maximum Gasteiger partial charge on any atom is 0.0801 e. The number of rotatable bonds is 6. The van der Waals surface area contributed by atoms with Gasteiger partial charge in [-0.15, -0.1) is 0 Å². The fraction of sp³-hybridized carbons (Fsp3) is 1.00. The predicted octanol–water partition coefficient (Wildman–Crippen LogP) is 2.34. The van der Waals surface area contributed by atoms with Crippen LogP contribution in [0.1, 0.15) is 46.5 Å². The smallest absolute Gasteiger partial charge is 0.0801 e. The summed E-state index contributed by atoms with van der Waals surface area (Å²) in [5.74, 6) is 0.718. The van der Waals surface area contributed by atoms with Gasteiger partial charge in [0.1, 0.15) is 0 Å². The van der Waals surface area contributed by atoms with Crippen molar-refractivity contribution in [1.82, 2.24) is 0 Å². The molecule has 1 aliphatic rings. The lowest BCUT2D eigenvalue weighted by Gasteiger charge is -2.37. The molecule has 1 heterocycles. The van der Waals surface area contributed by atoms with Gasteiger partial charge in [-0.05, 0) is 45.4 Å². The van der Waals surface area contributed by atoms with Crippen LogP contribution in [0.5, 0.6) is 0 Å². The first-order valence-corrected chi connectivity index (χ1v) is 6.59. The summed E-state index contributed by atoms with van der Waals surface area (Å²) in [6.07, 6.45) is 4.35. The molecular weight excluding hydrogens is 202 g/mol. The fourth-order valence-electron chi connectivity index (χ4n) is 2.39. The Morgan fingerprint density at radius 1 is 1.38 bits per heavy atom. The third kappa shape index (κ3) is 3.72. The van der Waals surface area contributed by atoms with E-state index in [9.17, 15) is 0 Å². The molecule has 0 aromatic carbocycles. The molecule has 0 spiro atoms. The molecule has 0 saturated carbocycles. The van der Waals surface area contributed by atoms with E-state index in [4.69, 9.17) is 15.2 Å². The summed E-state index contributed by atoms with van der Waals surface area (Å²) < 4.78 is 11.2. The molecule has 3 heteroatoms. The molecule has 0 aromatic heterocycles. The largest absolute Gasteiger partial charge is 0.381 e. The van der Waals surface area contributed by atoms with Crippen LogP contribution in [0.15, 0.2) is 0 Å². The molecule has 0 aromatic rings. The number of hydrogen-bond acceptors (Lipinski definition) is 3. The normalized spacial score (nSPS) is 24.0. The summed E-state index contributed by atoms with van der Waals surface area (Å²) in [6.45, 7) is 8.87. The second kappa shape index (κ2) is 6.58. The van der Waals surface area contributed by atoms with Crippen LogP contribution in [-0.4, -0.2) is 31.5 Å². The minimum atomic E-state index is -0.160. The molecule has 1 rings (SSSR count). The molecule has 1 fully saturated rings. The first-order chi connectivity index (χ1) is 7.62. The summed E-state index contributed by atoms with van der Waals surface area (Å²) in [7, 11) is 0. The van der Waals surface area contributed by atoms with Crippen molar-refractivity contribution in [2.75, 3.05) is 19.8 Å². The van der Waals surface area contributed by atoms with E-state index in [-0.39, 0.29) is 11.6 Å². The lowest BCUT2D eigenvalue weighted by molar-refractivity contribution is -0.0547. The molecule has 2 N–H and O–H groups in total. The van der Waals surface area contributed by atoms with Crippen LogP contribution < -0.4 is 5.73 Å². The molecule has 0 amide bonds. The molecule has 0 bridgehead atoms. The molecular formula is C13H27NO2. The highest BCUT2D eigenvalue weighted by molar-refractivity contribution is 4.88. The third-order valence-electron chi connectivity index (χ3n) is 3.89. The Morgan fingerprint density at radius 3 is 2.50 bits per heavy atom. The van der Waals surface area contributed by atoms with Gasteiger partial charge >= 0.3 is 0 Å². The van der Waals surface area contributed by atoms with Gasteiger partial charge in [0.05, 0.1) is 5.60 Å². The maximum atomic E-state index is 6.31. The van der Waals surface area contributed by atoms with Crippen LogP contribution in [-0.2, 0) is 9.47 Å². The van der Waals surface area contributed by atoms with Crippen molar-refractivity contribution in [3.63, 3.8) is 0 Å². The Morgan fingerprint density at radius 2 is 2.00 bits per heavy atom. The molecule has 96 valence electrons. The molecule has 1 saturated heterocycles. The molecule has 3 nitrogen and oxygen atoms in total. The highest BCUT2D eigenvalue weighted by Crippen LogP contribution is 2.27. The Kier molecular flexibility index (Phi) is 5.73. The Labute approximate surface area is 99.7 Å². The van der Waals surface area contributed by atoms with Gasteiger partial charge < -0.3 is 15.2 Å². The summed E-state index contributed by atoms with van der Waals surface area (Å²) in [5.41, 5.74) is 6.15. The van der Waals surface area contributed by atoms with Gasteiger partial charge in [-0.3, -0.25) is 0 Å². The average Bonchev–Trinajstić information content (AvgIpc) is 2.30. The highest BCUT2D eigenvalue weighted by Gasteiger charge is 2.32. The van der Waals surface area contributed by atoms with Crippen molar-refractivity contribution in [2.45, 2.75) is 58.1 Å². The summed E-state index contributed by atoms with van der Waals surface area (Å²) in [6, 6.07) is 0.139. The summed E-state index contributed by atoms with van der Waals surface area (Å²) in [5, 5.41) is 0. The fourth-order valence-corrected chi connectivity index (χ4v) is 2.39. The monoisotopic (exact) mass is 229 g/mol. The first kappa shape index (κ1) is 13.9. The Bertz CT molecular complexity index is 192. The van der Waals surface area contributed by atoms with Crippen molar-refractivity contribution < 1.29 is 9.47 Å². The SMILES string of the molecule is CCOC(C)(CC)C(N)CC1CCOCC1. The molecule has 16 heavy (non-hydrogen) atoms. The van der Waals surface area contributed by atoms with Crippen LogP contribution in [0, 0.1) is 5.92 Å². The van der Waals surface area contributed by atoms with Crippen molar-refractivity contribution >= 4 is 0 Å². The van der Waals surface area contributed by atoms with Gasteiger partial charge in [0.25, 0.3) is 0 Å². The van der Waals surface area contributed by atoms with Gasteiger partial charge in [0.15, 0.2) is 0 Å². The predicted molar refractivity (Wildman–Crippen MR) is 66.5 cm³/mol. The van der Waals surface area contributed by atoms with Gasteiger partial charge in [0.2, 0.25) is 0 Å². The van der Waals surface area contributed by atoms with Crippen LogP contribution >= 0.6 is 0 Å². The van der Waals surface area contributed by atoms with E-state index in [0.29, 0.717) is 0 Å². The lowest BCUT2D eigenvalue weighted by Crippen LogP contribution is -2.48. The maximum absolute atomic E-state index is 6.31. The van der Waals surface area contributed by atoms with Crippen LogP contribution in [0.4, 0.5) is 0 Å². The van der Waals surface area contributed by atoms with Crippen LogP contribution in [0.2, 0.25) is 0 Å². The van der Waals surface area contributed by atoms with E-state index in [1.165, 1.54) is 0 Å². The highest BCUT2D eigenvalue weighted by atomic mass is 16.5. The zero-order chi connectivity index (χ0) is 12.0. The van der Waals surface area contributed by atoms with E-state index in [1.54, 1.807) is 0 Å². The van der Waals surface area contributed by atoms with Crippen molar-refractivity contribution in [3.05, 3.63) is 0 Å². The van der Waals surface area contributed by atoms with Crippen LogP contribution in [0.3, 0.4) is 0 Å². The van der Waals surface area contributed by atoms with E-state index in [1.807, 2.05) is 6.92 Å². The second-order valence-corrected chi connectivity index (χ2v) is 5.00. The minimum Gasteiger partial charge on any atom is -0.381 e. The lowest BCUT2D eigenvalue weighted by atomic mass is 9.84. The zero-order valence-corrected chi connectivity index (χ0v) is 11.0. The van der Waals surface area contributed by atoms with Crippen molar-refractivity contribution in [2.24, 2.45) is 11.7 Å². The van der Waals surface area contributed by atoms with Gasteiger partial charge in [0, 0.05) is 25.9 Å². The molecule has 1 aliphatic heterocycles. The van der Waals surface area contributed by atoms with E-state index >= 15 is 0 Å². The van der Waals surface area contributed by atoms with Crippen LogP contribution in [0.25, 0.3) is 0 Å². The first-order valence-electron chi connectivity index (χ1n) is 6.59. The van der Waals surface area contributed by atoms with E-state index < -0.39 is 0 Å². The van der Waals surface area contributed by atoms with Crippen molar-refractivity contribution in [1.29, 1.82) is 0 Å². The number of nitrogens with two attached hydrogens (primary N) is 1. The average molecular weight is 229 g/mol. The summed E-state index contributed by atoms with van der Waals surface area (Å²) in [4.78, 5) is 0. The second-order valence-electron chi connectivity index (χ2n) is 5.00. The quantitative estimate of drug-likeness (QED) is 0.760. The molecule has 0 aliphatic carbocycles. The van der Waals surface area contributed by atoms with Gasteiger partial charge in [-0.25, -0.2) is 0 Å². The van der Waals surface area contributed by atoms with Crippen molar-refractivity contribution in [3.8, 4) is 0 Å². The topological polar surface area (TPSA) is 44.5 Å². The Hall–Kier alpha value is -0.120. The minimum absolute atomic E-state index is 0.139. The third-order valence-corrected chi connectivity index (χ3v) is 3.89. The van der Waals surface area contributed by atoms with Gasteiger partial charge in [-0.1, -0.05) is 6.92 Å². The number of hydrogen-bond donors (Lipinski definition) is 1. The molecule has 2 unspecified atom stereocenters. The van der Waals surface area contributed by atoms with E-state index in [0.717, 1.165) is 51.4 Å². The zero-order valence-electron chi connectivity index (χ0n) is 11.0. The standard InChI is InChI=1S/C13H27NO2/c1-4-13(3,16-5-2)12(14)10-11-6-8-15-9-7-11/h11-12H,4-10,14H2,1-3H3. The Balaban J connectivity index is 2.44. The van der Waals surface area contributed by atoms with E-state index in [2.05, 4.69) is 13.8 Å². The molecule has 2 atom stereocenters. The van der Waals surface area contributed by atoms with Gasteiger partial charge in [-0.2, -0.15) is 0 Å². The summed E-state index contributed by atoms with van der Waals surface area (Å²) >= 11 is 0.